The normalized spacial score (nSPS) is 15.0. The molecule has 1 saturated heterocycles. The molecule has 42 heavy (non-hydrogen) atoms. The van der Waals surface area contributed by atoms with Crippen LogP contribution in [0, 0.1) is 5.92 Å². The first-order valence-corrected chi connectivity index (χ1v) is 15.6. The number of aryl methyl sites for hydroxylation is 1. The summed E-state index contributed by atoms with van der Waals surface area (Å²) in [5.74, 6) is 0.991. The number of hydrogen-bond acceptors (Lipinski definition) is 5. The van der Waals surface area contributed by atoms with Gasteiger partial charge in [-0.25, -0.2) is 4.98 Å². The lowest BCUT2D eigenvalue weighted by Crippen LogP contribution is -2.40. The smallest absolute Gasteiger partial charge is 0.265 e. The zero-order valence-electron chi connectivity index (χ0n) is 24.7. The molecule has 1 atom stereocenters. The van der Waals surface area contributed by atoms with Crippen LogP contribution in [0.5, 0.6) is 5.75 Å². The Hall–Kier alpha value is -3.68. The summed E-state index contributed by atoms with van der Waals surface area (Å²) in [7, 11) is 1.61. The van der Waals surface area contributed by atoms with E-state index < -0.39 is 0 Å². The number of aromatic nitrogens is 2. The highest BCUT2D eigenvalue weighted by molar-refractivity contribution is 7.13. The molecular formula is C34H36ClN3O3S. The van der Waals surface area contributed by atoms with Crippen LogP contribution in [0.4, 0.5) is 0 Å². The Morgan fingerprint density at radius 1 is 1.17 bits per heavy atom. The first kappa shape index (κ1) is 29.8. The average molecular weight is 602 g/mol. The second-order valence-electron chi connectivity index (χ2n) is 11.1. The molecule has 1 amide bonds. The van der Waals surface area contributed by atoms with Gasteiger partial charge in [0.1, 0.15) is 10.8 Å². The van der Waals surface area contributed by atoms with Crippen molar-refractivity contribution in [3.05, 3.63) is 91.7 Å². The summed E-state index contributed by atoms with van der Waals surface area (Å²) >= 11 is 7.49. The summed E-state index contributed by atoms with van der Waals surface area (Å²) < 4.78 is 7.26. The summed E-state index contributed by atoms with van der Waals surface area (Å²) in [4.78, 5) is 35.6. The monoisotopic (exact) mass is 601 g/mol. The van der Waals surface area contributed by atoms with E-state index in [4.69, 9.17) is 21.3 Å². The maximum absolute atomic E-state index is 14.6. The van der Waals surface area contributed by atoms with E-state index in [-0.39, 0.29) is 11.5 Å². The highest BCUT2D eigenvalue weighted by Gasteiger charge is 2.28. The van der Waals surface area contributed by atoms with Crippen molar-refractivity contribution in [2.45, 2.75) is 47.0 Å². The van der Waals surface area contributed by atoms with E-state index >= 15 is 0 Å². The Labute approximate surface area is 256 Å². The van der Waals surface area contributed by atoms with Crippen LogP contribution >= 0.6 is 22.9 Å². The van der Waals surface area contributed by atoms with Gasteiger partial charge in [-0.1, -0.05) is 49.2 Å². The molecule has 2 aromatic heterocycles. The number of amides is 1. The Morgan fingerprint density at radius 3 is 2.60 bits per heavy atom. The number of carbonyl (C=O) groups excluding carboxylic acids is 1. The maximum atomic E-state index is 14.6. The molecule has 0 saturated carbocycles. The van der Waals surface area contributed by atoms with E-state index in [9.17, 15) is 9.59 Å². The zero-order valence-corrected chi connectivity index (χ0v) is 26.3. The van der Waals surface area contributed by atoms with Gasteiger partial charge in [0.15, 0.2) is 0 Å². The minimum Gasteiger partial charge on any atom is -0.497 e. The van der Waals surface area contributed by atoms with Crippen LogP contribution in [0.3, 0.4) is 0 Å². The first-order chi connectivity index (χ1) is 20.2. The number of halogens is 1. The molecule has 0 aliphatic carbocycles. The van der Waals surface area contributed by atoms with Crippen molar-refractivity contribution in [3.63, 3.8) is 0 Å². The zero-order chi connectivity index (χ0) is 30.0. The molecule has 0 N–H and O–H groups in total. The van der Waals surface area contributed by atoms with Gasteiger partial charge in [-0.2, -0.15) is 0 Å². The summed E-state index contributed by atoms with van der Waals surface area (Å²) in [6.07, 6.45) is 4.70. The quantitative estimate of drug-likeness (QED) is 0.214. The predicted molar refractivity (Wildman–Crippen MR) is 173 cm³/mol. The number of carbonyl (C=O) groups is 1. The van der Waals surface area contributed by atoms with E-state index in [1.165, 1.54) is 11.3 Å². The van der Waals surface area contributed by atoms with Crippen LogP contribution < -0.4 is 10.3 Å². The Kier molecular flexibility index (Phi) is 8.99. The molecule has 218 valence electrons. The highest BCUT2D eigenvalue weighted by Crippen LogP contribution is 2.32. The van der Waals surface area contributed by atoms with E-state index in [1.807, 2.05) is 72.7 Å². The van der Waals surface area contributed by atoms with Crippen molar-refractivity contribution in [1.82, 2.24) is 14.5 Å². The van der Waals surface area contributed by atoms with Crippen molar-refractivity contribution in [2.24, 2.45) is 5.92 Å². The van der Waals surface area contributed by atoms with Crippen LogP contribution in [-0.4, -0.2) is 40.6 Å². The lowest BCUT2D eigenvalue weighted by atomic mass is 9.98. The summed E-state index contributed by atoms with van der Waals surface area (Å²) in [5.41, 5.74) is 5.55. The number of hydrogen-bond donors (Lipinski definition) is 0. The predicted octanol–water partition coefficient (Wildman–Crippen LogP) is 8.15. The van der Waals surface area contributed by atoms with Crippen LogP contribution in [-0.2, 0) is 6.42 Å². The van der Waals surface area contributed by atoms with Gasteiger partial charge in [0, 0.05) is 35.1 Å². The van der Waals surface area contributed by atoms with Gasteiger partial charge in [-0.3, -0.25) is 14.2 Å². The number of methoxy groups -OCH3 is 1. The second-order valence-corrected chi connectivity index (χ2v) is 12.4. The number of likely N-dealkylation sites (tertiary alicyclic amines) is 1. The van der Waals surface area contributed by atoms with Gasteiger partial charge in [-0.05, 0) is 74.9 Å². The van der Waals surface area contributed by atoms with Crippen molar-refractivity contribution in [2.75, 3.05) is 20.2 Å². The van der Waals surface area contributed by atoms with E-state index in [2.05, 4.69) is 13.8 Å². The number of benzene rings is 2. The van der Waals surface area contributed by atoms with Gasteiger partial charge in [-0.15, -0.1) is 11.3 Å². The molecule has 1 aliphatic heterocycles. The second kappa shape index (κ2) is 12.7. The average Bonchev–Trinajstić information content (AvgIpc) is 3.47. The fourth-order valence-electron chi connectivity index (χ4n) is 5.48. The van der Waals surface area contributed by atoms with Crippen molar-refractivity contribution in [3.8, 4) is 33.3 Å². The Morgan fingerprint density at radius 2 is 1.93 bits per heavy atom. The minimum absolute atomic E-state index is 0.0699. The number of piperidine rings is 1. The molecule has 5 rings (SSSR count). The van der Waals surface area contributed by atoms with Gasteiger partial charge >= 0.3 is 0 Å². The van der Waals surface area contributed by atoms with Crippen LogP contribution in [0.15, 0.2) is 64.3 Å². The molecule has 0 radical (unpaired) electrons. The lowest BCUT2D eigenvalue weighted by molar-refractivity contribution is 0.0682. The molecule has 1 fully saturated rings. The summed E-state index contributed by atoms with van der Waals surface area (Å²) in [5, 5.41) is 3.14. The maximum Gasteiger partial charge on any atom is 0.265 e. The number of thiazole rings is 1. The van der Waals surface area contributed by atoms with Crippen molar-refractivity contribution in [1.29, 1.82) is 0 Å². The summed E-state index contributed by atoms with van der Waals surface area (Å²) in [6, 6.07) is 15.0. The molecule has 0 bridgehead atoms. The highest BCUT2D eigenvalue weighted by atomic mass is 35.5. The van der Waals surface area contributed by atoms with E-state index in [1.54, 1.807) is 17.7 Å². The van der Waals surface area contributed by atoms with E-state index in [0.717, 1.165) is 35.2 Å². The van der Waals surface area contributed by atoms with Crippen LogP contribution in [0.25, 0.3) is 33.6 Å². The molecular weight excluding hydrogens is 566 g/mol. The third-order valence-corrected chi connectivity index (χ3v) is 8.76. The van der Waals surface area contributed by atoms with Crippen LogP contribution in [0.1, 0.15) is 62.2 Å². The Balaban J connectivity index is 1.80. The van der Waals surface area contributed by atoms with E-state index in [0.29, 0.717) is 63.7 Å². The first-order valence-electron chi connectivity index (χ1n) is 14.3. The van der Waals surface area contributed by atoms with Gasteiger partial charge in [0.25, 0.3) is 11.5 Å². The minimum atomic E-state index is -0.231. The SMILES string of the molecule is CCc1ccc(OC)cc1-n1c(C=C(C)C)c(C(=O)N2CCC[C@@H](C)C2)cc(-c2nc(-c3ccc(Cl)cc3)cs2)c1=O. The Bertz CT molecular complexity index is 1700. The number of pyridine rings is 1. The third kappa shape index (κ3) is 6.08. The fraction of sp³-hybridized carbons (Fsp3) is 0.324. The molecule has 0 spiro atoms. The molecule has 2 aromatic carbocycles. The number of ether oxygens (including phenoxy) is 1. The molecule has 0 unspecified atom stereocenters. The largest absolute Gasteiger partial charge is 0.497 e. The number of allylic oxidation sites excluding steroid dienone is 1. The third-order valence-electron chi connectivity index (χ3n) is 7.63. The summed E-state index contributed by atoms with van der Waals surface area (Å²) in [6.45, 7) is 9.58. The standard InChI is InChI=1S/C34H36ClN3O3S/c1-6-23-11-14-26(41-5)17-30(23)38-31(16-21(2)3)27(33(39)37-15-7-8-22(4)19-37)18-28(34(38)40)32-36-29(20-42-32)24-9-12-25(35)13-10-24/h9-14,16-18,20,22H,6-8,15,19H2,1-5H3/t22-/m1/s1. The van der Waals surface area contributed by atoms with Crippen molar-refractivity contribution < 1.29 is 9.53 Å². The van der Waals surface area contributed by atoms with Crippen molar-refractivity contribution >= 4 is 34.9 Å². The molecule has 6 nitrogen and oxygen atoms in total. The lowest BCUT2D eigenvalue weighted by Gasteiger charge is -2.32. The van der Waals surface area contributed by atoms with Gasteiger partial charge < -0.3 is 9.64 Å². The molecule has 4 aromatic rings. The van der Waals surface area contributed by atoms with Gasteiger partial charge in [0.05, 0.1) is 35.3 Å². The molecule has 3 heterocycles. The number of rotatable bonds is 7. The molecule has 1 aliphatic rings. The fourth-order valence-corrected chi connectivity index (χ4v) is 6.44. The number of nitrogens with zero attached hydrogens (tertiary/aromatic N) is 3. The van der Waals surface area contributed by atoms with Crippen LogP contribution in [0.2, 0.25) is 5.02 Å². The molecule has 8 heteroatoms. The van der Waals surface area contributed by atoms with Gasteiger partial charge in [0.2, 0.25) is 0 Å². The topological polar surface area (TPSA) is 64.4 Å².